The van der Waals surface area contributed by atoms with Gasteiger partial charge in [-0.25, -0.2) is 0 Å². The fraction of sp³-hybridized carbons (Fsp3) is 0.533. The van der Waals surface area contributed by atoms with Gasteiger partial charge in [0.25, 0.3) is 0 Å². The van der Waals surface area contributed by atoms with Crippen molar-refractivity contribution in [3.63, 3.8) is 0 Å². The summed E-state index contributed by atoms with van der Waals surface area (Å²) < 4.78 is 44.3. The van der Waals surface area contributed by atoms with Crippen LogP contribution in [0.2, 0.25) is 0 Å². The summed E-state index contributed by atoms with van der Waals surface area (Å²) >= 11 is 5.26. The molecular weight excluding hydrogens is 327 g/mol. The van der Waals surface area contributed by atoms with Gasteiger partial charge in [0.2, 0.25) is 0 Å². The minimum Gasteiger partial charge on any atom is -0.377 e. The Morgan fingerprint density at radius 1 is 1.35 bits per heavy atom. The number of hydrogen-bond acceptors (Lipinski definition) is 3. The summed E-state index contributed by atoms with van der Waals surface area (Å²) in [6.45, 7) is 2.55. The van der Waals surface area contributed by atoms with Gasteiger partial charge in [-0.15, -0.1) is 0 Å². The standard InChI is InChI=1S/C15H18F3N3OS/c16-15(17,18)11-3-1-4-12(7-11)21-10-20(9-19-14(21)23)8-13-5-2-6-22-13/h1,3-4,7,13H,2,5-6,8-10H2,(H,19,23)/t13-/m0/s1. The number of hydrogen-bond donors (Lipinski definition) is 1. The fourth-order valence-electron chi connectivity index (χ4n) is 2.84. The molecule has 1 aromatic rings. The van der Waals surface area contributed by atoms with Crippen molar-refractivity contribution in [1.29, 1.82) is 0 Å². The fourth-order valence-corrected chi connectivity index (χ4v) is 3.06. The second-order valence-corrected chi connectivity index (χ2v) is 6.13. The lowest BCUT2D eigenvalue weighted by molar-refractivity contribution is -0.137. The van der Waals surface area contributed by atoms with E-state index in [2.05, 4.69) is 10.2 Å². The van der Waals surface area contributed by atoms with Crippen LogP contribution in [0.4, 0.5) is 18.9 Å². The van der Waals surface area contributed by atoms with E-state index in [-0.39, 0.29) is 6.10 Å². The van der Waals surface area contributed by atoms with Crippen LogP contribution in [0.25, 0.3) is 0 Å². The van der Waals surface area contributed by atoms with Gasteiger partial charge in [-0.3, -0.25) is 4.90 Å². The molecule has 1 N–H and O–H groups in total. The second kappa shape index (κ2) is 6.62. The van der Waals surface area contributed by atoms with Gasteiger partial charge in [0.1, 0.15) is 0 Å². The number of nitrogens with one attached hydrogen (secondary N) is 1. The van der Waals surface area contributed by atoms with Crippen LogP contribution in [-0.4, -0.2) is 42.6 Å². The van der Waals surface area contributed by atoms with Crippen molar-refractivity contribution in [3.05, 3.63) is 29.8 Å². The molecule has 0 spiro atoms. The Balaban J connectivity index is 1.73. The predicted octanol–water partition coefficient (Wildman–Crippen LogP) is 2.80. The molecule has 1 atom stereocenters. The number of alkyl halides is 3. The van der Waals surface area contributed by atoms with Crippen LogP contribution in [0.3, 0.4) is 0 Å². The molecule has 2 saturated heterocycles. The summed E-state index contributed by atoms with van der Waals surface area (Å²) in [5, 5.41) is 3.50. The molecule has 8 heteroatoms. The van der Waals surface area contributed by atoms with Crippen LogP contribution in [-0.2, 0) is 10.9 Å². The number of halogens is 3. The highest BCUT2D eigenvalue weighted by Crippen LogP contribution is 2.32. The van der Waals surface area contributed by atoms with E-state index in [1.807, 2.05) is 0 Å². The van der Waals surface area contributed by atoms with E-state index in [0.29, 0.717) is 24.1 Å². The number of nitrogens with zero attached hydrogens (tertiary/aromatic N) is 2. The van der Waals surface area contributed by atoms with Crippen LogP contribution in [0.1, 0.15) is 18.4 Å². The number of anilines is 1. The molecule has 0 saturated carbocycles. The lowest BCUT2D eigenvalue weighted by atomic mass is 10.2. The van der Waals surface area contributed by atoms with Crippen molar-refractivity contribution < 1.29 is 17.9 Å². The number of benzene rings is 1. The highest BCUT2D eigenvalue weighted by molar-refractivity contribution is 7.80. The SMILES string of the molecule is FC(F)(F)c1cccc(N2CN(C[C@@H]3CCCO3)CNC2=S)c1. The van der Waals surface area contributed by atoms with E-state index in [0.717, 1.165) is 38.1 Å². The minimum absolute atomic E-state index is 0.187. The van der Waals surface area contributed by atoms with Gasteiger partial charge >= 0.3 is 6.18 Å². The van der Waals surface area contributed by atoms with Crippen molar-refractivity contribution in [2.45, 2.75) is 25.1 Å². The monoisotopic (exact) mass is 345 g/mol. The van der Waals surface area contributed by atoms with Gasteiger partial charge in [-0.05, 0) is 43.3 Å². The largest absolute Gasteiger partial charge is 0.416 e. The minimum atomic E-state index is -4.36. The third-order valence-electron chi connectivity index (χ3n) is 4.01. The summed E-state index contributed by atoms with van der Waals surface area (Å²) in [6.07, 6.45) is -2.10. The molecule has 2 fully saturated rings. The highest BCUT2D eigenvalue weighted by Gasteiger charge is 2.32. The third kappa shape index (κ3) is 3.94. The summed E-state index contributed by atoms with van der Waals surface area (Å²) in [5.41, 5.74) is -0.233. The Kier molecular flexibility index (Phi) is 4.74. The summed E-state index contributed by atoms with van der Waals surface area (Å²) in [7, 11) is 0. The predicted molar refractivity (Wildman–Crippen MR) is 85.1 cm³/mol. The zero-order chi connectivity index (χ0) is 16.4. The summed E-state index contributed by atoms with van der Waals surface area (Å²) in [4.78, 5) is 3.77. The molecule has 2 aliphatic rings. The van der Waals surface area contributed by atoms with E-state index in [1.54, 1.807) is 11.0 Å². The maximum absolute atomic E-state index is 12.9. The Labute approximate surface area is 138 Å². The first kappa shape index (κ1) is 16.5. The molecule has 1 aromatic carbocycles. The molecule has 23 heavy (non-hydrogen) atoms. The third-order valence-corrected chi connectivity index (χ3v) is 4.38. The van der Waals surface area contributed by atoms with E-state index in [1.165, 1.54) is 6.07 Å². The van der Waals surface area contributed by atoms with Crippen molar-refractivity contribution in [2.24, 2.45) is 0 Å². The lowest BCUT2D eigenvalue weighted by Crippen LogP contribution is -2.57. The molecule has 2 heterocycles. The highest BCUT2D eigenvalue weighted by atomic mass is 32.1. The normalized spacial score (nSPS) is 23.2. The second-order valence-electron chi connectivity index (χ2n) is 5.75. The maximum Gasteiger partial charge on any atom is 0.416 e. The van der Waals surface area contributed by atoms with E-state index >= 15 is 0 Å². The maximum atomic E-state index is 12.9. The molecule has 126 valence electrons. The summed E-state index contributed by atoms with van der Waals surface area (Å²) in [5.74, 6) is 0. The zero-order valence-corrected chi connectivity index (χ0v) is 13.3. The molecule has 0 aliphatic carbocycles. The first-order valence-electron chi connectivity index (χ1n) is 7.50. The van der Waals surface area contributed by atoms with Crippen molar-refractivity contribution in [2.75, 3.05) is 31.4 Å². The number of ether oxygens (including phenoxy) is 1. The number of thiocarbonyl (C=S) groups is 1. The number of rotatable bonds is 3. The summed E-state index contributed by atoms with van der Waals surface area (Å²) in [6, 6.07) is 5.23. The average Bonchev–Trinajstić information content (AvgIpc) is 3.01. The smallest absolute Gasteiger partial charge is 0.377 e. The molecule has 2 aliphatic heterocycles. The van der Waals surface area contributed by atoms with Gasteiger partial charge in [-0.1, -0.05) is 6.07 Å². The quantitative estimate of drug-likeness (QED) is 0.851. The van der Waals surface area contributed by atoms with Crippen molar-refractivity contribution >= 4 is 23.0 Å². The van der Waals surface area contributed by atoms with E-state index in [9.17, 15) is 13.2 Å². The van der Waals surface area contributed by atoms with Crippen LogP contribution in [0.15, 0.2) is 24.3 Å². The van der Waals surface area contributed by atoms with Gasteiger partial charge < -0.3 is 15.0 Å². The van der Waals surface area contributed by atoms with Gasteiger partial charge in [0.05, 0.1) is 25.0 Å². The zero-order valence-electron chi connectivity index (χ0n) is 12.5. The first-order valence-corrected chi connectivity index (χ1v) is 7.91. The molecular formula is C15H18F3N3OS. The Bertz CT molecular complexity index is 575. The molecule has 0 radical (unpaired) electrons. The lowest BCUT2D eigenvalue weighted by Gasteiger charge is -2.39. The van der Waals surface area contributed by atoms with Crippen molar-refractivity contribution in [1.82, 2.24) is 10.2 Å². The van der Waals surface area contributed by atoms with E-state index < -0.39 is 11.7 Å². The van der Waals surface area contributed by atoms with Gasteiger partial charge in [0.15, 0.2) is 5.11 Å². The van der Waals surface area contributed by atoms with Crippen LogP contribution >= 0.6 is 12.2 Å². The van der Waals surface area contributed by atoms with Gasteiger partial charge in [0, 0.05) is 18.8 Å². The Morgan fingerprint density at radius 3 is 2.87 bits per heavy atom. The topological polar surface area (TPSA) is 27.7 Å². The molecule has 0 aromatic heterocycles. The molecule has 3 rings (SSSR count). The average molecular weight is 345 g/mol. The van der Waals surface area contributed by atoms with E-state index in [4.69, 9.17) is 17.0 Å². The molecule has 0 bridgehead atoms. The molecule has 0 unspecified atom stereocenters. The molecule has 4 nitrogen and oxygen atoms in total. The Hall–Kier alpha value is -1.38. The first-order chi connectivity index (χ1) is 10.9. The van der Waals surface area contributed by atoms with Crippen molar-refractivity contribution in [3.8, 4) is 0 Å². The van der Waals surface area contributed by atoms with Crippen LogP contribution in [0.5, 0.6) is 0 Å². The van der Waals surface area contributed by atoms with Gasteiger partial charge in [-0.2, -0.15) is 13.2 Å². The molecule has 0 amide bonds. The van der Waals surface area contributed by atoms with Crippen LogP contribution < -0.4 is 10.2 Å². The van der Waals surface area contributed by atoms with Crippen LogP contribution in [0, 0.1) is 0 Å². The Morgan fingerprint density at radius 2 is 2.17 bits per heavy atom.